The van der Waals surface area contributed by atoms with E-state index in [1.807, 2.05) is 20.8 Å². The molecule has 132 valence electrons. The van der Waals surface area contributed by atoms with E-state index in [0.29, 0.717) is 45.7 Å². The fourth-order valence-electron chi connectivity index (χ4n) is 1.79. The third-order valence-electron chi connectivity index (χ3n) is 2.65. The van der Waals surface area contributed by atoms with Gasteiger partial charge in [0.05, 0.1) is 19.8 Å². The topological polar surface area (TPSA) is 72.5 Å². The molecular weight excluding hydrogens is 308 g/mol. The van der Waals surface area contributed by atoms with Crippen LogP contribution in [0.15, 0.2) is 0 Å². The van der Waals surface area contributed by atoms with Crippen molar-refractivity contribution in [1.29, 1.82) is 0 Å². The Hall–Kier alpha value is -0.513. The second kappa shape index (κ2) is 14.1. The first-order valence-corrected chi connectivity index (χ1v) is 9.71. The van der Waals surface area contributed by atoms with E-state index in [2.05, 4.69) is 0 Å². The maximum Gasteiger partial charge on any atom is 0.501 e. The summed E-state index contributed by atoms with van der Waals surface area (Å²) in [4.78, 5) is 11.7. The molecule has 0 aliphatic carbocycles. The highest BCUT2D eigenvalue weighted by atomic mass is 28.4. The summed E-state index contributed by atoms with van der Waals surface area (Å²) in [5.41, 5.74) is 0. The second-order valence-electron chi connectivity index (χ2n) is 4.31. The Labute approximate surface area is 134 Å². The molecule has 0 rings (SSSR count). The molecule has 0 unspecified atom stereocenters. The van der Waals surface area contributed by atoms with Gasteiger partial charge in [-0.3, -0.25) is 4.79 Å². The first-order valence-electron chi connectivity index (χ1n) is 7.78. The van der Waals surface area contributed by atoms with E-state index in [0.717, 1.165) is 0 Å². The van der Waals surface area contributed by atoms with Crippen LogP contribution in [-0.4, -0.2) is 68.1 Å². The van der Waals surface area contributed by atoms with Crippen molar-refractivity contribution in [3.63, 3.8) is 0 Å². The molecule has 0 aromatic heterocycles. The lowest BCUT2D eigenvalue weighted by Gasteiger charge is -2.28. The minimum Gasteiger partial charge on any atom is -0.463 e. The third-order valence-corrected chi connectivity index (χ3v) is 5.70. The number of esters is 1. The van der Waals surface area contributed by atoms with Crippen molar-refractivity contribution in [2.45, 2.75) is 33.2 Å². The Bertz CT molecular complexity index is 259. The van der Waals surface area contributed by atoms with Gasteiger partial charge in [-0.05, 0) is 20.8 Å². The molecule has 7 nitrogen and oxygen atoms in total. The molecule has 0 aliphatic rings. The Morgan fingerprint density at radius 2 is 1.41 bits per heavy atom. The van der Waals surface area contributed by atoms with Crippen LogP contribution in [-0.2, 0) is 32.3 Å². The lowest BCUT2D eigenvalue weighted by Crippen LogP contribution is -2.46. The Kier molecular flexibility index (Phi) is 13.8. The van der Waals surface area contributed by atoms with E-state index in [9.17, 15) is 4.79 Å². The highest BCUT2D eigenvalue weighted by Crippen LogP contribution is 2.18. The fourth-order valence-corrected chi connectivity index (χ4v) is 4.30. The largest absolute Gasteiger partial charge is 0.501 e. The normalized spacial score (nSPS) is 11.6. The predicted octanol–water partition coefficient (Wildman–Crippen LogP) is 1.63. The fraction of sp³-hybridized carbons (Fsp3) is 0.929. The standard InChI is InChI=1S/C14H30O7Si/c1-5-19-22(20-6-2,21-7-3)13-8-14(15)18-12-11-17-10-9-16-4/h5-13H2,1-4H3. The van der Waals surface area contributed by atoms with E-state index in [4.69, 9.17) is 27.5 Å². The second-order valence-corrected chi connectivity index (χ2v) is 7.04. The van der Waals surface area contributed by atoms with Gasteiger partial charge in [0, 0.05) is 39.4 Å². The first-order chi connectivity index (χ1) is 10.6. The van der Waals surface area contributed by atoms with Crippen molar-refractivity contribution >= 4 is 14.8 Å². The Morgan fingerprint density at radius 3 is 1.91 bits per heavy atom. The van der Waals surface area contributed by atoms with Crippen LogP contribution < -0.4 is 0 Å². The van der Waals surface area contributed by atoms with Crippen LogP contribution in [0.2, 0.25) is 6.04 Å². The van der Waals surface area contributed by atoms with E-state index >= 15 is 0 Å². The van der Waals surface area contributed by atoms with Crippen LogP contribution in [0.3, 0.4) is 0 Å². The molecule has 0 saturated heterocycles. The first kappa shape index (κ1) is 21.5. The molecule has 0 N–H and O–H groups in total. The smallest absolute Gasteiger partial charge is 0.463 e. The van der Waals surface area contributed by atoms with E-state index in [1.165, 1.54) is 0 Å². The SMILES string of the molecule is CCO[Si](CCC(=O)OCCOCCOC)(OCC)OCC. The molecule has 0 atom stereocenters. The molecule has 0 spiro atoms. The molecule has 0 saturated carbocycles. The molecule has 0 bridgehead atoms. The summed E-state index contributed by atoms with van der Waals surface area (Å²) in [5, 5.41) is 0. The number of ether oxygens (including phenoxy) is 3. The quantitative estimate of drug-likeness (QED) is 0.255. The molecule has 0 aromatic carbocycles. The van der Waals surface area contributed by atoms with Gasteiger partial charge in [-0.2, -0.15) is 0 Å². The number of carbonyl (C=O) groups excluding carboxylic acids is 1. The lowest BCUT2D eigenvalue weighted by molar-refractivity contribution is -0.145. The van der Waals surface area contributed by atoms with Crippen molar-refractivity contribution in [3.05, 3.63) is 0 Å². The monoisotopic (exact) mass is 338 g/mol. The Morgan fingerprint density at radius 1 is 0.864 bits per heavy atom. The maximum atomic E-state index is 11.7. The zero-order valence-electron chi connectivity index (χ0n) is 14.2. The van der Waals surface area contributed by atoms with Crippen molar-refractivity contribution in [2.24, 2.45) is 0 Å². The van der Waals surface area contributed by atoms with Gasteiger partial charge in [0.1, 0.15) is 6.61 Å². The number of hydrogen-bond donors (Lipinski definition) is 0. The minimum atomic E-state index is -2.77. The molecule has 22 heavy (non-hydrogen) atoms. The van der Waals surface area contributed by atoms with Gasteiger partial charge in [-0.1, -0.05) is 0 Å². The third kappa shape index (κ3) is 10.3. The maximum absolute atomic E-state index is 11.7. The molecule has 0 aliphatic heterocycles. The zero-order valence-corrected chi connectivity index (χ0v) is 15.2. The average molecular weight is 338 g/mol. The molecule has 0 radical (unpaired) electrons. The minimum absolute atomic E-state index is 0.213. The van der Waals surface area contributed by atoms with Crippen LogP contribution in [0.1, 0.15) is 27.2 Å². The summed E-state index contributed by atoms with van der Waals surface area (Å²) in [7, 11) is -1.17. The molecule has 0 fully saturated rings. The van der Waals surface area contributed by atoms with Gasteiger partial charge in [0.25, 0.3) is 0 Å². The molecule has 0 amide bonds. The summed E-state index contributed by atoms with van der Waals surface area (Å²) in [5.74, 6) is -0.300. The van der Waals surface area contributed by atoms with Crippen LogP contribution in [0.25, 0.3) is 0 Å². The van der Waals surface area contributed by atoms with Crippen LogP contribution in [0, 0.1) is 0 Å². The van der Waals surface area contributed by atoms with Crippen molar-refractivity contribution in [2.75, 3.05) is 53.4 Å². The zero-order chi connectivity index (χ0) is 16.7. The highest BCUT2D eigenvalue weighted by Gasteiger charge is 2.40. The molecule has 0 heterocycles. The van der Waals surface area contributed by atoms with Gasteiger partial charge in [0.15, 0.2) is 0 Å². The molecule has 0 aromatic rings. The number of methoxy groups -OCH3 is 1. The highest BCUT2D eigenvalue weighted by molar-refractivity contribution is 6.60. The van der Waals surface area contributed by atoms with Crippen molar-refractivity contribution in [3.8, 4) is 0 Å². The van der Waals surface area contributed by atoms with E-state index < -0.39 is 8.80 Å². The summed E-state index contributed by atoms with van der Waals surface area (Å²) < 4.78 is 32.2. The van der Waals surface area contributed by atoms with Gasteiger partial charge in [-0.15, -0.1) is 0 Å². The average Bonchev–Trinajstić information content (AvgIpc) is 2.49. The van der Waals surface area contributed by atoms with Crippen molar-refractivity contribution in [1.82, 2.24) is 0 Å². The van der Waals surface area contributed by atoms with E-state index in [1.54, 1.807) is 7.11 Å². The molecule has 8 heteroatoms. The number of carbonyl (C=O) groups is 1. The summed E-state index contributed by atoms with van der Waals surface area (Å²) in [6, 6.07) is 0.423. The summed E-state index contributed by atoms with van der Waals surface area (Å²) >= 11 is 0. The van der Waals surface area contributed by atoms with Gasteiger partial charge < -0.3 is 27.5 Å². The summed E-state index contributed by atoms with van der Waals surface area (Å²) in [6.07, 6.45) is 0.213. The molecular formula is C14H30O7Si. The van der Waals surface area contributed by atoms with Gasteiger partial charge >= 0.3 is 14.8 Å². The summed E-state index contributed by atoms with van der Waals surface area (Å²) in [6.45, 7) is 8.75. The Balaban J connectivity index is 4.04. The van der Waals surface area contributed by atoms with Crippen molar-refractivity contribution < 1.29 is 32.3 Å². The predicted molar refractivity (Wildman–Crippen MR) is 83.7 cm³/mol. The van der Waals surface area contributed by atoms with E-state index in [-0.39, 0.29) is 19.0 Å². The van der Waals surface area contributed by atoms with Gasteiger partial charge in [0.2, 0.25) is 0 Å². The van der Waals surface area contributed by atoms with Crippen LogP contribution in [0.4, 0.5) is 0 Å². The van der Waals surface area contributed by atoms with Crippen LogP contribution >= 0.6 is 0 Å². The number of rotatable bonds is 15. The van der Waals surface area contributed by atoms with Gasteiger partial charge in [-0.25, -0.2) is 0 Å². The van der Waals surface area contributed by atoms with Crippen LogP contribution in [0.5, 0.6) is 0 Å². The number of hydrogen-bond acceptors (Lipinski definition) is 7. The lowest BCUT2D eigenvalue weighted by atomic mass is 10.5.